The quantitative estimate of drug-likeness (QED) is 0.465. The summed E-state index contributed by atoms with van der Waals surface area (Å²) in [5.74, 6) is 0.0356. The molecule has 1 heterocycles. The van der Waals surface area contributed by atoms with Gasteiger partial charge in [0.15, 0.2) is 0 Å². The highest BCUT2D eigenvalue weighted by atomic mass is 35.5. The molecule has 0 radical (unpaired) electrons. The molecule has 0 aliphatic heterocycles. The zero-order valence-corrected chi connectivity index (χ0v) is 11.3. The molecule has 0 saturated carbocycles. The van der Waals surface area contributed by atoms with Crippen molar-refractivity contribution in [2.75, 3.05) is 13.0 Å². The average molecular weight is 291 g/mol. The van der Waals surface area contributed by atoms with E-state index in [1.54, 1.807) is 0 Å². The molecule has 106 valence electrons. The summed E-state index contributed by atoms with van der Waals surface area (Å²) >= 11 is 5.48. The van der Waals surface area contributed by atoms with Crippen molar-refractivity contribution < 1.29 is 19.9 Å². The van der Waals surface area contributed by atoms with Crippen molar-refractivity contribution in [2.24, 2.45) is 0 Å². The monoisotopic (exact) mass is 290 g/mol. The maximum Gasteiger partial charge on any atom is 0.334 e. The summed E-state index contributed by atoms with van der Waals surface area (Å²) in [6, 6.07) is 0. The number of aromatic nitrogens is 1. The summed E-state index contributed by atoms with van der Waals surface area (Å²) in [4.78, 5) is 14.1. The fraction of sp³-hybridized carbons (Fsp3) is 0.545. The lowest BCUT2D eigenvalue weighted by Crippen LogP contribution is -2.20. The minimum absolute atomic E-state index is 0.134. The predicted molar refractivity (Wildman–Crippen MR) is 68.5 cm³/mol. The van der Waals surface area contributed by atoms with Gasteiger partial charge in [-0.05, 0) is 13.3 Å². The SMILES string of the molecule is COc1ncc(C(O)C(O)CCCl)c(C)c1[N+](=O)[O-]. The van der Waals surface area contributed by atoms with Crippen LogP contribution in [0.2, 0.25) is 0 Å². The summed E-state index contributed by atoms with van der Waals surface area (Å²) in [5, 5.41) is 30.6. The highest BCUT2D eigenvalue weighted by molar-refractivity contribution is 6.17. The second kappa shape index (κ2) is 6.65. The molecule has 1 aromatic heterocycles. The predicted octanol–water partition coefficient (Wildman–Crippen LogP) is 1.33. The first-order valence-electron chi connectivity index (χ1n) is 5.54. The van der Waals surface area contributed by atoms with Crippen molar-refractivity contribution in [3.8, 4) is 5.88 Å². The van der Waals surface area contributed by atoms with Crippen LogP contribution >= 0.6 is 11.6 Å². The molecular formula is C11H15ClN2O5. The van der Waals surface area contributed by atoms with E-state index in [0.29, 0.717) is 0 Å². The van der Waals surface area contributed by atoms with E-state index in [1.165, 1.54) is 20.2 Å². The zero-order valence-electron chi connectivity index (χ0n) is 10.5. The number of alkyl halides is 1. The van der Waals surface area contributed by atoms with Gasteiger partial charge in [0.1, 0.15) is 6.10 Å². The number of hydrogen-bond acceptors (Lipinski definition) is 6. The number of pyridine rings is 1. The van der Waals surface area contributed by atoms with E-state index in [4.69, 9.17) is 16.3 Å². The van der Waals surface area contributed by atoms with E-state index in [-0.39, 0.29) is 35.0 Å². The van der Waals surface area contributed by atoms with Crippen LogP contribution in [0.5, 0.6) is 5.88 Å². The number of methoxy groups -OCH3 is 1. The van der Waals surface area contributed by atoms with Crippen LogP contribution in [0.1, 0.15) is 23.7 Å². The van der Waals surface area contributed by atoms with Gasteiger partial charge in [-0.25, -0.2) is 4.98 Å². The normalized spacial score (nSPS) is 13.9. The van der Waals surface area contributed by atoms with Gasteiger partial charge in [-0.1, -0.05) is 0 Å². The summed E-state index contributed by atoms with van der Waals surface area (Å²) in [6.07, 6.45) is -0.965. The van der Waals surface area contributed by atoms with E-state index in [0.717, 1.165) is 0 Å². The third-order valence-corrected chi connectivity index (χ3v) is 2.99. The summed E-state index contributed by atoms with van der Waals surface area (Å²) < 4.78 is 4.81. The first-order valence-corrected chi connectivity index (χ1v) is 6.07. The van der Waals surface area contributed by atoms with Crippen LogP contribution in [-0.2, 0) is 0 Å². The van der Waals surface area contributed by atoms with Crippen molar-refractivity contribution in [2.45, 2.75) is 25.6 Å². The molecule has 0 fully saturated rings. The lowest BCUT2D eigenvalue weighted by molar-refractivity contribution is -0.386. The number of halogens is 1. The molecule has 0 aromatic carbocycles. The van der Waals surface area contributed by atoms with Gasteiger partial charge in [0.25, 0.3) is 5.88 Å². The summed E-state index contributed by atoms with van der Waals surface area (Å²) in [5.41, 5.74) is 0.0696. The summed E-state index contributed by atoms with van der Waals surface area (Å²) in [7, 11) is 1.27. The van der Waals surface area contributed by atoms with Crippen molar-refractivity contribution >= 4 is 17.3 Å². The molecule has 0 aliphatic rings. The van der Waals surface area contributed by atoms with Crippen LogP contribution < -0.4 is 4.74 Å². The van der Waals surface area contributed by atoms with Crippen molar-refractivity contribution in [1.82, 2.24) is 4.98 Å². The minimum Gasteiger partial charge on any atom is -0.476 e. The zero-order chi connectivity index (χ0) is 14.6. The van der Waals surface area contributed by atoms with Crippen LogP contribution in [0.25, 0.3) is 0 Å². The number of nitro groups is 1. The molecule has 0 bridgehead atoms. The van der Waals surface area contributed by atoms with Gasteiger partial charge in [0, 0.05) is 23.2 Å². The fourth-order valence-corrected chi connectivity index (χ4v) is 1.95. The Morgan fingerprint density at radius 1 is 1.58 bits per heavy atom. The van der Waals surface area contributed by atoms with Crippen LogP contribution in [0.15, 0.2) is 6.20 Å². The Hall–Kier alpha value is -1.44. The van der Waals surface area contributed by atoms with E-state index < -0.39 is 17.1 Å². The van der Waals surface area contributed by atoms with Gasteiger partial charge in [0.05, 0.1) is 18.1 Å². The Labute approximate surface area is 114 Å². The standard InChI is InChI=1S/C11H15ClN2O5/c1-6-7(10(16)8(15)3-4-12)5-13-11(19-2)9(6)14(17)18/h5,8,10,15-16H,3-4H2,1-2H3. The molecule has 19 heavy (non-hydrogen) atoms. The Morgan fingerprint density at radius 2 is 2.21 bits per heavy atom. The molecule has 7 nitrogen and oxygen atoms in total. The van der Waals surface area contributed by atoms with Gasteiger partial charge < -0.3 is 14.9 Å². The third kappa shape index (κ3) is 3.31. The highest BCUT2D eigenvalue weighted by Crippen LogP contribution is 2.34. The molecule has 2 N–H and O–H groups in total. The van der Waals surface area contributed by atoms with Crippen molar-refractivity contribution in [3.63, 3.8) is 0 Å². The molecule has 0 amide bonds. The van der Waals surface area contributed by atoms with Crippen molar-refractivity contribution in [1.29, 1.82) is 0 Å². The number of rotatable bonds is 6. The molecular weight excluding hydrogens is 276 g/mol. The first kappa shape index (κ1) is 15.6. The van der Waals surface area contributed by atoms with Crippen LogP contribution in [0.3, 0.4) is 0 Å². The molecule has 1 aromatic rings. The smallest absolute Gasteiger partial charge is 0.334 e. The Bertz CT molecular complexity index is 469. The lowest BCUT2D eigenvalue weighted by Gasteiger charge is -2.19. The van der Waals surface area contributed by atoms with Gasteiger partial charge in [-0.15, -0.1) is 11.6 Å². The van der Waals surface area contributed by atoms with E-state index in [9.17, 15) is 20.3 Å². The fourth-order valence-electron chi connectivity index (χ4n) is 1.72. The number of nitrogens with zero attached hydrogens (tertiary/aromatic N) is 2. The van der Waals surface area contributed by atoms with E-state index in [2.05, 4.69) is 4.98 Å². The number of aliphatic hydroxyl groups excluding tert-OH is 2. The Morgan fingerprint density at radius 3 is 2.68 bits per heavy atom. The maximum absolute atomic E-state index is 11.0. The molecule has 0 saturated heterocycles. The Kier molecular flexibility index (Phi) is 5.46. The third-order valence-electron chi connectivity index (χ3n) is 2.78. The number of hydrogen-bond donors (Lipinski definition) is 2. The van der Waals surface area contributed by atoms with Gasteiger partial charge >= 0.3 is 5.69 Å². The molecule has 0 spiro atoms. The largest absolute Gasteiger partial charge is 0.476 e. The van der Waals surface area contributed by atoms with Crippen molar-refractivity contribution in [3.05, 3.63) is 27.4 Å². The molecule has 2 unspecified atom stereocenters. The van der Waals surface area contributed by atoms with Gasteiger partial charge in [-0.3, -0.25) is 10.1 Å². The maximum atomic E-state index is 11.0. The molecule has 2 atom stereocenters. The topological polar surface area (TPSA) is 106 Å². The molecule has 8 heteroatoms. The van der Waals surface area contributed by atoms with Gasteiger partial charge in [0.2, 0.25) is 0 Å². The molecule has 0 aliphatic carbocycles. The van der Waals surface area contributed by atoms with Gasteiger partial charge in [-0.2, -0.15) is 0 Å². The molecule has 1 rings (SSSR count). The second-order valence-corrected chi connectivity index (χ2v) is 4.32. The van der Waals surface area contributed by atoms with Crippen LogP contribution in [0, 0.1) is 17.0 Å². The van der Waals surface area contributed by atoms with E-state index >= 15 is 0 Å². The van der Waals surface area contributed by atoms with E-state index in [1.807, 2.05) is 0 Å². The highest BCUT2D eigenvalue weighted by Gasteiger charge is 2.28. The minimum atomic E-state index is -1.28. The second-order valence-electron chi connectivity index (χ2n) is 3.94. The Balaban J connectivity index is 3.23. The average Bonchev–Trinajstić information content (AvgIpc) is 2.37. The number of aliphatic hydroxyl groups is 2. The van der Waals surface area contributed by atoms with Crippen LogP contribution in [0.4, 0.5) is 5.69 Å². The number of ether oxygens (including phenoxy) is 1. The lowest BCUT2D eigenvalue weighted by atomic mass is 9.99. The summed E-state index contributed by atoms with van der Waals surface area (Å²) in [6.45, 7) is 1.47. The van der Waals surface area contributed by atoms with Crippen LogP contribution in [-0.4, -0.2) is 39.2 Å². The first-order chi connectivity index (χ1) is 8.93.